The molecule has 0 saturated heterocycles. The highest BCUT2D eigenvalue weighted by molar-refractivity contribution is 14.0. The number of hydrogen-bond donors (Lipinski definition) is 2. The first-order valence-electron chi connectivity index (χ1n) is 9.15. The SMILES string of the molecule is CCNC(=NCc1ccccc1OC(F)(F)F)NCCCn1nc(C)cc1C.I. The average Bonchev–Trinajstić information content (AvgIpc) is 2.93. The van der Waals surface area contributed by atoms with Crippen LogP contribution in [0.3, 0.4) is 0 Å². The van der Waals surface area contributed by atoms with Crippen molar-refractivity contribution in [1.82, 2.24) is 20.4 Å². The summed E-state index contributed by atoms with van der Waals surface area (Å²) >= 11 is 0. The Balaban J connectivity index is 0.00000420. The van der Waals surface area contributed by atoms with Gasteiger partial charge in [-0.3, -0.25) is 4.68 Å². The molecular weight excluding hydrogens is 498 g/mol. The number of nitrogens with zero attached hydrogens (tertiary/aromatic N) is 3. The molecule has 0 radical (unpaired) electrons. The molecule has 0 aliphatic carbocycles. The number of hydrogen-bond acceptors (Lipinski definition) is 3. The van der Waals surface area contributed by atoms with Gasteiger partial charge in [-0.2, -0.15) is 5.10 Å². The van der Waals surface area contributed by atoms with Crippen molar-refractivity contribution >= 4 is 29.9 Å². The van der Waals surface area contributed by atoms with Crippen molar-refractivity contribution in [3.63, 3.8) is 0 Å². The van der Waals surface area contributed by atoms with E-state index in [1.807, 2.05) is 31.5 Å². The number of aliphatic imine (C=N–C) groups is 1. The summed E-state index contributed by atoms with van der Waals surface area (Å²) in [6.45, 7) is 8.04. The predicted octanol–water partition coefficient (Wildman–Crippen LogP) is 4.16. The Hall–Kier alpha value is -1.98. The van der Waals surface area contributed by atoms with Gasteiger partial charge in [0.05, 0.1) is 12.2 Å². The van der Waals surface area contributed by atoms with Gasteiger partial charge >= 0.3 is 6.36 Å². The Labute approximate surface area is 185 Å². The van der Waals surface area contributed by atoms with Crippen LogP contribution in [0.1, 0.15) is 30.3 Å². The van der Waals surface area contributed by atoms with Crippen molar-refractivity contribution < 1.29 is 17.9 Å². The number of nitrogens with one attached hydrogen (secondary N) is 2. The molecule has 0 amide bonds. The maximum absolute atomic E-state index is 12.5. The van der Waals surface area contributed by atoms with Gasteiger partial charge in [-0.05, 0) is 39.3 Å². The third-order valence-electron chi connectivity index (χ3n) is 3.89. The highest BCUT2D eigenvalue weighted by atomic mass is 127. The molecule has 10 heteroatoms. The number of alkyl halides is 3. The lowest BCUT2D eigenvalue weighted by atomic mass is 10.2. The zero-order valence-corrected chi connectivity index (χ0v) is 19.0. The van der Waals surface area contributed by atoms with E-state index in [4.69, 9.17) is 0 Å². The van der Waals surface area contributed by atoms with Gasteiger partial charge in [-0.15, -0.1) is 37.1 Å². The summed E-state index contributed by atoms with van der Waals surface area (Å²) in [5, 5.41) is 10.7. The standard InChI is InChI=1S/C19H26F3N5O.HI/c1-4-23-18(24-10-7-11-27-15(3)12-14(2)26-27)25-13-16-8-5-6-9-17(16)28-19(20,21)22;/h5-6,8-9,12H,4,7,10-11,13H2,1-3H3,(H2,23,24,25);1H. The maximum Gasteiger partial charge on any atom is 0.573 e. The lowest BCUT2D eigenvalue weighted by molar-refractivity contribution is -0.274. The van der Waals surface area contributed by atoms with Crippen molar-refractivity contribution in [2.45, 2.75) is 46.6 Å². The van der Waals surface area contributed by atoms with Crippen LogP contribution in [0.2, 0.25) is 0 Å². The number of para-hydroxylation sites is 1. The number of rotatable bonds is 8. The first-order chi connectivity index (χ1) is 13.3. The largest absolute Gasteiger partial charge is 0.573 e. The van der Waals surface area contributed by atoms with Crippen LogP contribution in [0, 0.1) is 13.8 Å². The highest BCUT2D eigenvalue weighted by Crippen LogP contribution is 2.26. The number of halogens is 4. The van der Waals surface area contributed by atoms with Crippen molar-refractivity contribution in [2.24, 2.45) is 4.99 Å². The van der Waals surface area contributed by atoms with Gasteiger partial charge in [-0.25, -0.2) is 4.99 Å². The summed E-state index contributed by atoms with van der Waals surface area (Å²) in [5.41, 5.74) is 2.46. The first kappa shape index (κ1) is 25.1. The van der Waals surface area contributed by atoms with Crippen molar-refractivity contribution in [3.8, 4) is 5.75 Å². The van der Waals surface area contributed by atoms with E-state index in [9.17, 15) is 13.2 Å². The monoisotopic (exact) mass is 525 g/mol. The van der Waals surface area contributed by atoms with Crippen molar-refractivity contribution in [3.05, 3.63) is 47.3 Å². The van der Waals surface area contributed by atoms with Crippen LogP contribution >= 0.6 is 24.0 Å². The normalized spacial score (nSPS) is 11.7. The molecule has 0 spiro atoms. The zero-order valence-electron chi connectivity index (χ0n) is 16.7. The smallest absolute Gasteiger partial charge is 0.405 e. The molecule has 29 heavy (non-hydrogen) atoms. The van der Waals surface area contributed by atoms with Gasteiger partial charge in [0.1, 0.15) is 5.75 Å². The minimum Gasteiger partial charge on any atom is -0.405 e. The minimum atomic E-state index is -4.73. The molecule has 2 rings (SSSR count). The van der Waals surface area contributed by atoms with Gasteiger partial charge in [0.25, 0.3) is 0 Å². The molecule has 2 aromatic rings. The summed E-state index contributed by atoms with van der Waals surface area (Å²) < 4.78 is 43.6. The van der Waals surface area contributed by atoms with E-state index in [1.54, 1.807) is 12.1 Å². The van der Waals surface area contributed by atoms with E-state index in [0.29, 0.717) is 24.6 Å². The molecule has 0 unspecified atom stereocenters. The van der Waals surface area contributed by atoms with Crippen molar-refractivity contribution in [1.29, 1.82) is 0 Å². The fraction of sp³-hybridized carbons (Fsp3) is 0.474. The van der Waals surface area contributed by atoms with Gasteiger partial charge in [0, 0.05) is 30.9 Å². The fourth-order valence-corrected chi connectivity index (χ4v) is 2.70. The van der Waals surface area contributed by atoms with Crippen LogP contribution in [0.5, 0.6) is 5.75 Å². The molecule has 0 fully saturated rings. The molecule has 162 valence electrons. The number of aryl methyl sites for hydroxylation is 3. The van der Waals surface area contributed by atoms with Gasteiger partial charge in [0.2, 0.25) is 0 Å². The minimum absolute atomic E-state index is 0. The average molecular weight is 525 g/mol. The summed E-state index contributed by atoms with van der Waals surface area (Å²) in [7, 11) is 0. The molecule has 1 aromatic heterocycles. The molecule has 0 saturated carbocycles. The molecule has 2 N–H and O–H groups in total. The number of guanidine groups is 1. The first-order valence-corrected chi connectivity index (χ1v) is 9.15. The van der Waals surface area contributed by atoms with E-state index in [0.717, 1.165) is 24.4 Å². The highest BCUT2D eigenvalue weighted by Gasteiger charge is 2.31. The Morgan fingerprint density at radius 1 is 1.21 bits per heavy atom. The number of ether oxygens (including phenoxy) is 1. The summed E-state index contributed by atoms with van der Waals surface area (Å²) in [5.74, 6) is 0.303. The maximum atomic E-state index is 12.5. The third kappa shape index (κ3) is 8.92. The second-order valence-corrected chi connectivity index (χ2v) is 6.28. The van der Waals surface area contributed by atoms with Crippen LogP contribution in [-0.2, 0) is 13.1 Å². The molecule has 0 bridgehead atoms. The second-order valence-electron chi connectivity index (χ2n) is 6.28. The van der Waals surface area contributed by atoms with Crippen LogP contribution in [0.15, 0.2) is 35.3 Å². The summed E-state index contributed by atoms with van der Waals surface area (Å²) in [4.78, 5) is 4.37. The molecular formula is C19H27F3IN5O. The molecule has 6 nitrogen and oxygen atoms in total. The fourth-order valence-electron chi connectivity index (χ4n) is 2.70. The lowest BCUT2D eigenvalue weighted by Crippen LogP contribution is -2.38. The van der Waals surface area contributed by atoms with E-state index in [1.165, 1.54) is 12.1 Å². The van der Waals surface area contributed by atoms with E-state index in [2.05, 4.69) is 25.5 Å². The Bertz CT molecular complexity index is 792. The van der Waals surface area contributed by atoms with Crippen LogP contribution in [0.25, 0.3) is 0 Å². The molecule has 0 aliphatic heterocycles. The number of aromatic nitrogens is 2. The van der Waals surface area contributed by atoms with Crippen LogP contribution in [-0.4, -0.2) is 35.2 Å². The van der Waals surface area contributed by atoms with Gasteiger partial charge in [-0.1, -0.05) is 18.2 Å². The zero-order chi connectivity index (χ0) is 20.6. The molecule has 1 heterocycles. The third-order valence-corrected chi connectivity index (χ3v) is 3.89. The number of benzene rings is 1. The van der Waals surface area contributed by atoms with Gasteiger partial charge < -0.3 is 15.4 Å². The summed E-state index contributed by atoms with van der Waals surface area (Å²) in [6.07, 6.45) is -3.90. The Kier molecular flexibility index (Phi) is 10.3. The molecule has 1 aromatic carbocycles. The van der Waals surface area contributed by atoms with Crippen LogP contribution in [0.4, 0.5) is 13.2 Å². The predicted molar refractivity (Wildman–Crippen MR) is 118 cm³/mol. The topological polar surface area (TPSA) is 63.5 Å². The van der Waals surface area contributed by atoms with Gasteiger partial charge in [0.15, 0.2) is 5.96 Å². The van der Waals surface area contributed by atoms with Crippen LogP contribution < -0.4 is 15.4 Å². The molecule has 0 atom stereocenters. The van der Waals surface area contributed by atoms with Crippen molar-refractivity contribution in [2.75, 3.05) is 13.1 Å². The van der Waals surface area contributed by atoms with E-state index in [-0.39, 0.29) is 36.3 Å². The van der Waals surface area contributed by atoms with E-state index < -0.39 is 6.36 Å². The quantitative estimate of drug-likeness (QED) is 0.235. The second kappa shape index (κ2) is 11.9. The lowest BCUT2D eigenvalue weighted by Gasteiger charge is -2.14. The summed E-state index contributed by atoms with van der Waals surface area (Å²) in [6, 6.07) is 8.03. The Morgan fingerprint density at radius 3 is 2.55 bits per heavy atom. The van der Waals surface area contributed by atoms with E-state index >= 15 is 0 Å². The molecule has 0 aliphatic rings. The Morgan fingerprint density at radius 2 is 1.93 bits per heavy atom.